The van der Waals surface area contributed by atoms with Crippen LogP contribution in [0.5, 0.6) is 0 Å². The lowest BCUT2D eigenvalue weighted by Crippen LogP contribution is -2.33. The second-order valence-electron chi connectivity index (χ2n) is 6.95. The van der Waals surface area contributed by atoms with Crippen molar-refractivity contribution in [2.45, 2.75) is 63.5 Å². The van der Waals surface area contributed by atoms with E-state index >= 15 is 0 Å². The second kappa shape index (κ2) is 6.34. The Hall–Kier alpha value is -2.24. The van der Waals surface area contributed by atoms with Gasteiger partial charge in [-0.05, 0) is 57.6 Å². The zero-order chi connectivity index (χ0) is 16.5. The zero-order valence-electron chi connectivity index (χ0n) is 14.0. The summed E-state index contributed by atoms with van der Waals surface area (Å²) in [4.78, 5) is 20.7. The average molecular weight is 325 g/mol. The Balaban J connectivity index is 1.41. The normalized spacial score (nSPS) is 23.9. The van der Waals surface area contributed by atoms with E-state index in [2.05, 4.69) is 20.4 Å². The van der Waals surface area contributed by atoms with Gasteiger partial charge in [0, 0.05) is 24.2 Å². The molecule has 4 rings (SSSR count). The maximum Gasteiger partial charge on any atom is 0.267 e. The molecule has 0 aromatic carbocycles. The topological polar surface area (TPSA) is 72.7 Å². The van der Waals surface area contributed by atoms with E-state index in [1.807, 2.05) is 19.1 Å². The number of aromatic nitrogens is 4. The van der Waals surface area contributed by atoms with Crippen LogP contribution in [0.2, 0.25) is 0 Å². The van der Waals surface area contributed by atoms with Crippen molar-refractivity contribution in [1.29, 1.82) is 0 Å². The molecule has 2 aliphatic carbocycles. The van der Waals surface area contributed by atoms with Crippen molar-refractivity contribution in [3.05, 3.63) is 46.3 Å². The third-order valence-corrected chi connectivity index (χ3v) is 5.01. The first-order valence-electron chi connectivity index (χ1n) is 8.85. The van der Waals surface area contributed by atoms with Crippen LogP contribution in [0.3, 0.4) is 0 Å². The fourth-order valence-electron chi connectivity index (χ4n) is 3.51. The van der Waals surface area contributed by atoms with E-state index < -0.39 is 0 Å². The minimum atomic E-state index is 0.0298. The molecule has 6 heteroatoms. The van der Waals surface area contributed by atoms with Crippen molar-refractivity contribution >= 4 is 5.82 Å². The molecule has 2 aliphatic rings. The van der Waals surface area contributed by atoms with Gasteiger partial charge in [0.15, 0.2) is 0 Å². The molecule has 126 valence electrons. The quantitative estimate of drug-likeness (QED) is 0.936. The number of aryl methyl sites for hydroxylation is 1. The van der Waals surface area contributed by atoms with Gasteiger partial charge in [-0.15, -0.1) is 0 Å². The highest BCUT2D eigenvalue weighted by Gasteiger charge is 2.28. The summed E-state index contributed by atoms with van der Waals surface area (Å²) in [5.41, 5.74) is 1.12. The van der Waals surface area contributed by atoms with Gasteiger partial charge in [-0.3, -0.25) is 4.79 Å². The SMILES string of the molecule is Cc1nccc(NC2CCC(n3nc(C4CC4)ccc3=O)CC2)n1. The number of hydrogen-bond donors (Lipinski definition) is 1. The molecule has 0 unspecified atom stereocenters. The van der Waals surface area contributed by atoms with Crippen LogP contribution in [0.25, 0.3) is 0 Å². The first kappa shape index (κ1) is 15.3. The highest BCUT2D eigenvalue weighted by atomic mass is 16.1. The van der Waals surface area contributed by atoms with Gasteiger partial charge in [-0.25, -0.2) is 14.6 Å². The van der Waals surface area contributed by atoms with Gasteiger partial charge < -0.3 is 5.32 Å². The molecule has 1 N–H and O–H groups in total. The standard InChI is InChI=1S/C18H23N5O/c1-12-19-11-10-17(20-12)21-14-4-6-15(7-5-14)23-18(24)9-8-16(22-23)13-2-3-13/h8-11,13-15H,2-7H2,1H3,(H,19,20,21). The zero-order valence-corrected chi connectivity index (χ0v) is 14.0. The molecule has 6 nitrogen and oxygen atoms in total. The van der Waals surface area contributed by atoms with Crippen molar-refractivity contribution in [3.63, 3.8) is 0 Å². The molecule has 0 atom stereocenters. The van der Waals surface area contributed by atoms with E-state index in [-0.39, 0.29) is 11.6 Å². The van der Waals surface area contributed by atoms with Gasteiger partial charge in [0.2, 0.25) is 0 Å². The van der Waals surface area contributed by atoms with Gasteiger partial charge in [-0.1, -0.05) is 0 Å². The molecule has 2 heterocycles. The van der Waals surface area contributed by atoms with E-state index in [4.69, 9.17) is 0 Å². The minimum Gasteiger partial charge on any atom is -0.367 e. The highest BCUT2D eigenvalue weighted by molar-refractivity contribution is 5.34. The van der Waals surface area contributed by atoms with Crippen LogP contribution in [-0.2, 0) is 0 Å². The van der Waals surface area contributed by atoms with E-state index in [0.717, 1.165) is 43.0 Å². The Morgan fingerprint density at radius 3 is 2.58 bits per heavy atom. The lowest BCUT2D eigenvalue weighted by atomic mass is 9.91. The lowest BCUT2D eigenvalue weighted by Gasteiger charge is -2.30. The fraction of sp³-hybridized carbons (Fsp3) is 0.556. The first-order valence-corrected chi connectivity index (χ1v) is 8.85. The van der Waals surface area contributed by atoms with Crippen LogP contribution in [0, 0.1) is 6.92 Å². The summed E-state index contributed by atoms with van der Waals surface area (Å²) in [6.07, 6.45) is 8.19. The van der Waals surface area contributed by atoms with E-state index in [1.165, 1.54) is 12.8 Å². The maximum atomic E-state index is 12.2. The molecule has 2 aromatic rings. The molecule has 24 heavy (non-hydrogen) atoms. The van der Waals surface area contributed by atoms with Gasteiger partial charge in [0.1, 0.15) is 11.6 Å². The molecular weight excluding hydrogens is 302 g/mol. The van der Waals surface area contributed by atoms with Crippen molar-refractivity contribution in [3.8, 4) is 0 Å². The van der Waals surface area contributed by atoms with Crippen LogP contribution in [0.1, 0.15) is 62.0 Å². The Morgan fingerprint density at radius 2 is 1.88 bits per heavy atom. The summed E-state index contributed by atoms with van der Waals surface area (Å²) in [5, 5.41) is 8.13. The number of hydrogen-bond acceptors (Lipinski definition) is 5. The Bertz CT molecular complexity index is 775. The smallest absolute Gasteiger partial charge is 0.267 e. The number of rotatable bonds is 4. The van der Waals surface area contributed by atoms with Gasteiger partial charge in [0.05, 0.1) is 11.7 Å². The largest absolute Gasteiger partial charge is 0.367 e. The number of nitrogens with one attached hydrogen (secondary N) is 1. The highest BCUT2D eigenvalue weighted by Crippen LogP contribution is 2.38. The molecule has 2 saturated carbocycles. The Labute approximate surface area is 141 Å². The Morgan fingerprint density at radius 1 is 1.08 bits per heavy atom. The molecule has 0 amide bonds. The Kier molecular flexibility index (Phi) is 4.04. The summed E-state index contributed by atoms with van der Waals surface area (Å²) in [6.45, 7) is 1.90. The van der Waals surface area contributed by atoms with Crippen molar-refractivity contribution < 1.29 is 0 Å². The van der Waals surface area contributed by atoms with Crippen molar-refractivity contribution in [2.75, 3.05) is 5.32 Å². The van der Waals surface area contributed by atoms with E-state index in [0.29, 0.717) is 12.0 Å². The van der Waals surface area contributed by atoms with Gasteiger partial charge in [-0.2, -0.15) is 5.10 Å². The van der Waals surface area contributed by atoms with Crippen LogP contribution < -0.4 is 10.9 Å². The van der Waals surface area contributed by atoms with E-state index in [9.17, 15) is 4.79 Å². The molecule has 0 bridgehead atoms. The fourth-order valence-corrected chi connectivity index (χ4v) is 3.51. The molecular formula is C18H23N5O. The van der Waals surface area contributed by atoms with E-state index in [1.54, 1.807) is 16.9 Å². The average Bonchev–Trinajstić information content (AvgIpc) is 3.41. The van der Waals surface area contributed by atoms with Crippen LogP contribution in [0.15, 0.2) is 29.2 Å². The third kappa shape index (κ3) is 3.32. The number of nitrogens with zero attached hydrogens (tertiary/aromatic N) is 4. The van der Waals surface area contributed by atoms with Crippen molar-refractivity contribution in [1.82, 2.24) is 19.7 Å². The molecule has 2 aromatic heterocycles. The maximum absolute atomic E-state index is 12.2. The molecule has 0 saturated heterocycles. The summed E-state index contributed by atoms with van der Waals surface area (Å²) >= 11 is 0. The molecule has 2 fully saturated rings. The number of anilines is 1. The predicted octanol–water partition coefficient (Wildman–Crippen LogP) is 2.81. The predicted molar refractivity (Wildman–Crippen MR) is 92.2 cm³/mol. The molecule has 0 radical (unpaired) electrons. The first-order chi connectivity index (χ1) is 11.7. The summed E-state index contributed by atoms with van der Waals surface area (Å²) in [5.74, 6) is 2.24. The minimum absolute atomic E-state index is 0.0298. The third-order valence-electron chi connectivity index (χ3n) is 5.01. The monoisotopic (exact) mass is 325 g/mol. The van der Waals surface area contributed by atoms with Crippen molar-refractivity contribution in [2.24, 2.45) is 0 Å². The molecule has 0 spiro atoms. The second-order valence-corrected chi connectivity index (χ2v) is 6.95. The summed E-state index contributed by atoms with van der Waals surface area (Å²) in [6, 6.07) is 6.12. The summed E-state index contributed by atoms with van der Waals surface area (Å²) < 4.78 is 1.73. The van der Waals surface area contributed by atoms with Crippen LogP contribution >= 0.6 is 0 Å². The lowest BCUT2D eigenvalue weighted by molar-refractivity contribution is 0.301. The van der Waals surface area contributed by atoms with Gasteiger partial charge in [0.25, 0.3) is 5.56 Å². The van der Waals surface area contributed by atoms with Gasteiger partial charge >= 0.3 is 0 Å². The molecule has 0 aliphatic heterocycles. The van der Waals surface area contributed by atoms with Crippen LogP contribution in [0.4, 0.5) is 5.82 Å². The van der Waals surface area contributed by atoms with Crippen LogP contribution in [-0.4, -0.2) is 25.8 Å². The summed E-state index contributed by atoms with van der Waals surface area (Å²) in [7, 11) is 0.